The average Bonchev–Trinajstić information content (AvgIpc) is 2.62. The van der Waals surface area contributed by atoms with Crippen LogP contribution in [0.2, 0.25) is 5.02 Å². The third-order valence-electron chi connectivity index (χ3n) is 3.67. The van der Waals surface area contributed by atoms with Crippen LogP contribution in [0.15, 0.2) is 42.7 Å². The minimum Gasteiger partial charge on any atom is -0.490 e. The van der Waals surface area contributed by atoms with Crippen LogP contribution in [0.5, 0.6) is 11.5 Å². The third kappa shape index (κ3) is 4.12. The lowest BCUT2D eigenvalue weighted by Crippen LogP contribution is -2.04. The molecule has 0 bridgehead atoms. The molecule has 0 aliphatic carbocycles. The predicted molar refractivity (Wildman–Crippen MR) is 101 cm³/mol. The second-order valence-corrected chi connectivity index (χ2v) is 5.82. The summed E-state index contributed by atoms with van der Waals surface area (Å²) in [6, 6.07) is 11.5. The van der Waals surface area contributed by atoms with Gasteiger partial charge in [-0.2, -0.15) is 0 Å². The average molecular weight is 358 g/mol. The van der Waals surface area contributed by atoms with Gasteiger partial charge in [0.25, 0.3) is 0 Å². The first-order valence-corrected chi connectivity index (χ1v) is 8.61. The SMILES string of the molecule is CCOc1cc2ncnc(NCc3ccc(Cl)cc3)c2cc1OCC. The van der Waals surface area contributed by atoms with Gasteiger partial charge in [-0.1, -0.05) is 23.7 Å². The van der Waals surface area contributed by atoms with Crippen molar-refractivity contribution in [3.63, 3.8) is 0 Å². The van der Waals surface area contributed by atoms with E-state index in [-0.39, 0.29) is 0 Å². The highest BCUT2D eigenvalue weighted by Crippen LogP contribution is 2.34. The minimum atomic E-state index is 0.562. The van der Waals surface area contributed by atoms with Gasteiger partial charge in [0.15, 0.2) is 11.5 Å². The molecule has 0 amide bonds. The highest BCUT2D eigenvalue weighted by Gasteiger charge is 2.11. The summed E-state index contributed by atoms with van der Waals surface area (Å²) in [4.78, 5) is 8.72. The summed E-state index contributed by atoms with van der Waals surface area (Å²) in [5.74, 6) is 2.14. The quantitative estimate of drug-likeness (QED) is 0.664. The van der Waals surface area contributed by atoms with E-state index in [2.05, 4.69) is 15.3 Å². The Morgan fingerprint density at radius 3 is 2.32 bits per heavy atom. The summed E-state index contributed by atoms with van der Waals surface area (Å²) >= 11 is 5.93. The smallest absolute Gasteiger partial charge is 0.163 e. The third-order valence-corrected chi connectivity index (χ3v) is 3.93. The van der Waals surface area contributed by atoms with Gasteiger partial charge in [-0.3, -0.25) is 0 Å². The van der Waals surface area contributed by atoms with E-state index >= 15 is 0 Å². The van der Waals surface area contributed by atoms with Crippen molar-refractivity contribution < 1.29 is 9.47 Å². The van der Waals surface area contributed by atoms with E-state index in [1.807, 2.05) is 50.2 Å². The van der Waals surface area contributed by atoms with Crippen LogP contribution in [0.3, 0.4) is 0 Å². The minimum absolute atomic E-state index is 0.562. The molecule has 6 heteroatoms. The fourth-order valence-electron chi connectivity index (χ4n) is 2.53. The topological polar surface area (TPSA) is 56.3 Å². The molecule has 3 rings (SSSR count). The molecule has 0 saturated carbocycles. The van der Waals surface area contributed by atoms with Gasteiger partial charge in [0.05, 0.1) is 18.7 Å². The number of rotatable bonds is 7. The van der Waals surface area contributed by atoms with Gasteiger partial charge in [0, 0.05) is 23.0 Å². The molecule has 0 aliphatic rings. The Kier molecular flexibility index (Phi) is 5.56. The van der Waals surface area contributed by atoms with Gasteiger partial charge in [-0.05, 0) is 37.6 Å². The van der Waals surface area contributed by atoms with Crippen LogP contribution in [0.1, 0.15) is 19.4 Å². The lowest BCUT2D eigenvalue weighted by Gasteiger charge is -2.14. The Bertz CT molecular complexity index is 853. The number of ether oxygens (including phenoxy) is 2. The number of hydrogen-bond donors (Lipinski definition) is 1. The summed E-state index contributed by atoms with van der Waals surface area (Å²) < 4.78 is 11.4. The zero-order valence-electron chi connectivity index (χ0n) is 14.3. The first-order chi connectivity index (χ1) is 12.2. The van der Waals surface area contributed by atoms with E-state index in [1.165, 1.54) is 0 Å². The molecule has 3 aromatic rings. The summed E-state index contributed by atoms with van der Waals surface area (Å²) in [7, 11) is 0. The lowest BCUT2D eigenvalue weighted by molar-refractivity contribution is 0.288. The van der Waals surface area contributed by atoms with Crippen LogP contribution in [0.4, 0.5) is 5.82 Å². The summed E-state index contributed by atoms with van der Waals surface area (Å²) in [5, 5.41) is 4.97. The molecule has 0 unspecified atom stereocenters. The molecule has 0 radical (unpaired) electrons. The van der Waals surface area contributed by atoms with Crippen molar-refractivity contribution in [2.45, 2.75) is 20.4 Å². The van der Waals surface area contributed by atoms with Gasteiger partial charge >= 0.3 is 0 Å². The van der Waals surface area contributed by atoms with Crippen molar-refractivity contribution in [2.24, 2.45) is 0 Å². The highest BCUT2D eigenvalue weighted by atomic mass is 35.5. The molecule has 0 fully saturated rings. The molecule has 0 aliphatic heterocycles. The first kappa shape index (κ1) is 17.3. The van der Waals surface area contributed by atoms with Crippen LogP contribution in [0, 0.1) is 0 Å². The van der Waals surface area contributed by atoms with Gasteiger partial charge < -0.3 is 14.8 Å². The van der Waals surface area contributed by atoms with Crippen molar-refractivity contribution in [2.75, 3.05) is 18.5 Å². The second kappa shape index (κ2) is 8.03. The maximum Gasteiger partial charge on any atom is 0.163 e. The molecule has 0 saturated heterocycles. The Balaban J connectivity index is 1.91. The monoisotopic (exact) mass is 357 g/mol. The van der Waals surface area contributed by atoms with Gasteiger partial charge in [-0.15, -0.1) is 0 Å². The van der Waals surface area contributed by atoms with Crippen LogP contribution < -0.4 is 14.8 Å². The number of nitrogens with zero attached hydrogens (tertiary/aromatic N) is 2. The number of halogens is 1. The highest BCUT2D eigenvalue weighted by molar-refractivity contribution is 6.30. The number of hydrogen-bond acceptors (Lipinski definition) is 5. The van der Waals surface area contributed by atoms with Crippen molar-refractivity contribution in [3.05, 3.63) is 53.3 Å². The van der Waals surface area contributed by atoms with E-state index in [1.54, 1.807) is 6.33 Å². The predicted octanol–water partition coefficient (Wildman–Crippen LogP) is 4.69. The van der Waals surface area contributed by atoms with Crippen LogP contribution >= 0.6 is 11.6 Å². The molecule has 0 spiro atoms. The second-order valence-electron chi connectivity index (χ2n) is 5.38. The summed E-state index contributed by atoms with van der Waals surface area (Å²) in [5.41, 5.74) is 1.92. The zero-order valence-corrected chi connectivity index (χ0v) is 15.0. The molecule has 130 valence electrons. The van der Waals surface area contributed by atoms with Crippen molar-refractivity contribution in [1.29, 1.82) is 0 Å². The molecule has 5 nitrogen and oxygen atoms in total. The molecular formula is C19H20ClN3O2. The maximum atomic E-state index is 5.93. The molecule has 1 N–H and O–H groups in total. The number of fused-ring (bicyclic) bond motifs is 1. The maximum absolute atomic E-state index is 5.93. The van der Waals surface area contributed by atoms with E-state index in [0.717, 1.165) is 27.3 Å². The lowest BCUT2D eigenvalue weighted by atomic mass is 10.2. The van der Waals surface area contributed by atoms with E-state index in [9.17, 15) is 0 Å². The van der Waals surface area contributed by atoms with E-state index in [0.29, 0.717) is 31.3 Å². The Morgan fingerprint density at radius 2 is 1.64 bits per heavy atom. The van der Waals surface area contributed by atoms with Gasteiger partial charge in [0.2, 0.25) is 0 Å². The van der Waals surface area contributed by atoms with Crippen molar-refractivity contribution in [1.82, 2.24) is 9.97 Å². The summed E-state index contributed by atoms with van der Waals surface area (Å²) in [6.07, 6.45) is 1.54. The van der Waals surface area contributed by atoms with Crippen LogP contribution in [-0.4, -0.2) is 23.2 Å². The van der Waals surface area contributed by atoms with E-state index < -0.39 is 0 Å². The first-order valence-electron chi connectivity index (χ1n) is 8.24. The zero-order chi connectivity index (χ0) is 17.6. The van der Waals surface area contributed by atoms with Crippen LogP contribution in [0.25, 0.3) is 10.9 Å². The van der Waals surface area contributed by atoms with Crippen molar-refractivity contribution >= 4 is 28.3 Å². The number of anilines is 1. The largest absolute Gasteiger partial charge is 0.490 e. The van der Waals surface area contributed by atoms with Crippen molar-refractivity contribution in [3.8, 4) is 11.5 Å². The fourth-order valence-corrected chi connectivity index (χ4v) is 2.66. The van der Waals surface area contributed by atoms with E-state index in [4.69, 9.17) is 21.1 Å². The number of nitrogens with one attached hydrogen (secondary N) is 1. The molecular weight excluding hydrogens is 338 g/mol. The normalized spacial score (nSPS) is 10.7. The number of benzene rings is 2. The standard InChI is InChI=1S/C19H20ClN3O2/c1-3-24-17-9-15-16(10-18(17)25-4-2)22-12-23-19(15)21-11-13-5-7-14(20)8-6-13/h5-10,12H,3-4,11H2,1-2H3,(H,21,22,23). The fraction of sp³-hybridized carbons (Fsp3) is 0.263. The summed E-state index contributed by atoms with van der Waals surface area (Å²) in [6.45, 7) is 5.66. The molecule has 25 heavy (non-hydrogen) atoms. The number of aromatic nitrogens is 2. The molecule has 1 heterocycles. The Labute approximate surface area is 152 Å². The molecule has 1 aromatic heterocycles. The van der Waals surface area contributed by atoms with Gasteiger partial charge in [-0.25, -0.2) is 9.97 Å². The molecule has 0 atom stereocenters. The molecule has 2 aromatic carbocycles. The van der Waals surface area contributed by atoms with Gasteiger partial charge in [0.1, 0.15) is 12.1 Å². The van der Waals surface area contributed by atoms with Crippen LogP contribution in [-0.2, 0) is 6.54 Å². The Morgan fingerprint density at radius 1 is 0.960 bits per heavy atom. The Hall–Kier alpha value is -2.53.